The van der Waals surface area contributed by atoms with Crippen molar-refractivity contribution in [1.82, 2.24) is 9.78 Å². The minimum atomic E-state index is -0.285. The highest BCUT2D eigenvalue weighted by Crippen LogP contribution is 2.31. The Bertz CT molecular complexity index is 659. The molecule has 4 nitrogen and oxygen atoms in total. The Morgan fingerprint density at radius 3 is 2.58 bits per heavy atom. The molecular formula is C14H15ClN4. The van der Waals surface area contributed by atoms with Crippen LogP contribution in [0.1, 0.15) is 26.3 Å². The van der Waals surface area contributed by atoms with Gasteiger partial charge in [0.1, 0.15) is 23.1 Å². The molecule has 0 aliphatic carbocycles. The SMILES string of the molecule is CC(C)(C)n1nc(-c2cccc(Cl)c2)c(C#N)c1N. The predicted octanol–water partition coefficient (Wildman–Crippen LogP) is 3.41. The van der Waals surface area contributed by atoms with E-state index in [0.717, 1.165) is 5.56 Å². The topological polar surface area (TPSA) is 67.6 Å². The second kappa shape index (κ2) is 4.60. The maximum atomic E-state index is 9.29. The van der Waals surface area contributed by atoms with Crippen molar-refractivity contribution in [3.05, 3.63) is 34.9 Å². The van der Waals surface area contributed by atoms with Gasteiger partial charge in [-0.1, -0.05) is 23.7 Å². The van der Waals surface area contributed by atoms with E-state index in [1.807, 2.05) is 32.9 Å². The number of hydrogen-bond donors (Lipinski definition) is 1. The maximum Gasteiger partial charge on any atom is 0.141 e. The van der Waals surface area contributed by atoms with Crippen LogP contribution >= 0.6 is 11.6 Å². The van der Waals surface area contributed by atoms with Crippen molar-refractivity contribution >= 4 is 17.4 Å². The number of nitrogens with zero attached hydrogens (tertiary/aromatic N) is 3. The molecule has 1 aromatic carbocycles. The lowest BCUT2D eigenvalue weighted by Gasteiger charge is -2.20. The maximum absolute atomic E-state index is 9.29. The minimum Gasteiger partial charge on any atom is -0.383 e. The average molecular weight is 275 g/mol. The standard InChI is InChI=1S/C14H15ClN4/c1-14(2,3)19-13(17)11(8-16)12(18-19)9-5-4-6-10(15)7-9/h4-7H,17H2,1-3H3. The molecule has 2 rings (SSSR count). The van der Waals surface area contributed by atoms with E-state index < -0.39 is 0 Å². The zero-order chi connectivity index (χ0) is 14.2. The summed E-state index contributed by atoms with van der Waals surface area (Å²) in [6.45, 7) is 5.96. The largest absolute Gasteiger partial charge is 0.383 e. The third-order valence-electron chi connectivity index (χ3n) is 2.77. The van der Waals surface area contributed by atoms with Crippen LogP contribution < -0.4 is 5.73 Å². The van der Waals surface area contributed by atoms with Gasteiger partial charge in [0.25, 0.3) is 0 Å². The van der Waals surface area contributed by atoms with Gasteiger partial charge in [-0.25, -0.2) is 4.68 Å². The number of anilines is 1. The molecule has 0 atom stereocenters. The molecule has 0 radical (unpaired) electrons. The molecule has 0 aliphatic heterocycles. The molecule has 2 N–H and O–H groups in total. The lowest BCUT2D eigenvalue weighted by atomic mass is 10.1. The summed E-state index contributed by atoms with van der Waals surface area (Å²) < 4.78 is 1.67. The van der Waals surface area contributed by atoms with Crippen molar-refractivity contribution in [2.75, 3.05) is 5.73 Å². The number of aromatic nitrogens is 2. The highest BCUT2D eigenvalue weighted by molar-refractivity contribution is 6.30. The number of rotatable bonds is 1. The average Bonchev–Trinajstić information content (AvgIpc) is 2.66. The molecule has 0 unspecified atom stereocenters. The fourth-order valence-electron chi connectivity index (χ4n) is 1.89. The zero-order valence-electron chi connectivity index (χ0n) is 11.1. The fourth-order valence-corrected chi connectivity index (χ4v) is 2.08. The summed E-state index contributed by atoms with van der Waals surface area (Å²) >= 11 is 5.98. The molecule has 2 aromatic rings. The van der Waals surface area contributed by atoms with E-state index >= 15 is 0 Å². The number of benzene rings is 1. The Morgan fingerprint density at radius 2 is 2.05 bits per heavy atom. The van der Waals surface area contributed by atoms with Crippen molar-refractivity contribution < 1.29 is 0 Å². The lowest BCUT2D eigenvalue weighted by Crippen LogP contribution is -2.24. The van der Waals surface area contributed by atoms with E-state index in [1.54, 1.807) is 16.8 Å². The molecule has 0 spiro atoms. The summed E-state index contributed by atoms with van der Waals surface area (Å²) in [5.41, 5.74) is 7.48. The molecule has 19 heavy (non-hydrogen) atoms. The number of hydrogen-bond acceptors (Lipinski definition) is 3. The smallest absolute Gasteiger partial charge is 0.141 e. The third kappa shape index (κ3) is 2.42. The van der Waals surface area contributed by atoms with Gasteiger partial charge in [0.05, 0.1) is 5.54 Å². The van der Waals surface area contributed by atoms with Crippen LogP contribution in [-0.4, -0.2) is 9.78 Å². The van der Waals surface area contributed by atoms with E-state index in [9.17, 15) is 5.26 Å². The quantitative estimate of drug-likeness (QED) is 0.866. The lowest BCUT2D eigenvalue weighted by molar-refractivity contribution is 0.362. The number of nitriles is 1. The Morgan fingerprint density at radius 1 is 1.37 bits per heavy atom. The van der Waals surface area contributed by atoms with Gasteiger partial charge in [-0.05, 0) is 32.9 Å². The van der Waals surface area contributed by atoms with Gasteiger partial charge in [-0.3, -0.25) is 0 Å². The minimum absolute atomic E-state index is 0.285. The van der Waals surface area contributed by atoms with Crippen molar-refractivity contribution in [3.63, 3.8) is 0 Å². The van der Waals surface area contributed by atoms with Gasteiger partial charge < -0.3 is 5.73 Å². The monoisotopic (exact) mass is 274 g/mol. The van der Waals surface area contributed by atoms with Gasteiger partial charge >= 0.3 is 0 Å². The van der Waals surface area contributed by atoms with Crippen molar-refractivity contribution in [1.29, 1.82) is 5.26 Å². The van der Waals surface area contributed by atoms with Crippen LogP contribution in [0.15, 0.2) is 24.3 Å². The van der Waals surface area contributed by atoms with Crippen molar-refractivity contribution in [2.45, 2.75) is 26.3 Å². The summed E-state index contributed by atoms with van der Waals surface area (Å²) in [4.78, 5) is 0. The molecule has 98 valence electrons. The summed E-state index contributed by atoms with van der Waals surface area (Å²) in [6, 6.07) is 9.36. The molecule has 5 heteroatoms. The van der Waals surface area contributed by atoms with E-state index in [2.05, 4.69) is 11.2 Å². The van der Waals surface area contributed by atoms with Gasteiger partial charge in [-0.15, -0.1) is 0 Å². The molecule has 0 saturated carbocycles. The first-order valence-electron chi connectivity index (χ1n) is 5.89. The number of nitrogen functional groups attached to an aromatic ring is 1. The molecule has 0 fully saturated rings. The zero-order valence-corrected chi connectivity index (χ0v) is 11.9. The first-order chi connectivity index (χ1) is 8.84. The predicted molar refractivity (Wildman–Crippen MR) is 76.8 cm³/mol. The Balaban J connectivity index is 2.69. The summed E-state index contributed by atoms with van der Waals surface area (Å²) in [7, 11) is 0. The van der Waals surface area contributed by atoms with Crippen LogP contribution in [0, 0.1) is 11.3 Å². The van der Waals surface area contributed by atoms with E-state index in [4.69, 9.17) is 17.3 Å². The van der Waals surface area contributed by atoms with Gasteiger partial charge in [0, 0.05) is 10.6 Å². The van der Waals surface area contributed by atoms with Crippen LogP contribution in [0.3, 0.4) is 0 Å². The first kappa shape index (κ1) is 13.4. The fraction of sp³-hybridized carbons (Fsp3) is 0.286. The van der Waals surface area contributed by atoms with Crippen LogP contribution in [0.4, 0.5) is 5.82 Å². The highest BCUT2D eigenvalue weighted by Gasteiger charge is 2.24. The second-order valence-electron chi connectivity index (χ2n) is 5.31. The highest BCUT2D eigenvalue weighted by atomic mass is 35.5. The normalized spacial score (nSPS) is 11.3. The summed E-state index contributed by atoms with van der Waals surface area (Å²) in [5.74, 6) is 0.380. The van der Waals surface area contributed by atoms with E-state index in [-0.39, 0.29) is 5.54 Å². The Hall–Kier alpha value is -1.99. The molecule has 0 aliphatic rings. The third-order valence-corrected chi connectivity index (χ3v) is 3.00. The van der Waals surface area contributed by atoms with Crippen LogP contribution in [-0.2, 0) is 5.54 Å². The van der Waals surface area contributed by atoms with Gasteiger partial charge in [0.2, 0.25) is 0 Å². The molecule has 0 amide bonds. The second-order valence-corrected chi connectivity index (χ2v) is 5.75. The van der Waals surface area contributed by atoms with Gasteiger partial charge in [0.15, 0.2) is 0 Å². The summed E-state index contributed by atoms with van der Waals surface area (Å²) in [5, 5.41) is 14.4. The molecule has 0 saturated heterocycles. The van der Waals surface area contributed by atoms with E-state index in [1.165, 1.54) is 0 Å². The van der Waals surface area contributed by atoms with Crippen molar-refractivity contribution in [3.8, 4) is 17.3 Å². The van der Waals surface area contributed by atoms with Crippen LogP contribution in [0.5, 0.6) is 0 Å². The van der Waals surface area contributed by atoms with E-state index in [0.29, 0.717) is 22.1 Å². The van der Waals surface area contributed by atoms with Gasteiger partial charge in [-0.2, -0.15) is 10.4 Å². The Labute approximate surface area is 117 Å². The molecular weight excluding hydrogens is 260 g/mol. The van der Waals surface area contributed by atoms with Crippen LogP contribution in [0.25, 0.3) is 11.3 Å². The number of nitrogens with two attached hydrogens (primary N) is 1. The summed E-state index contributed by atoms with van der Waals surface area (Å²) in [6.07, 6.45) is 0. The van der Waals surface area contributed by atoms with Crippen molar-refractivity contribution in [2.24, 2.45) is 0 Å². The molecule has 1 heterocycles. The van der Waals surface area contributed by atoms with Crippen LogP contribution in [0.2, 0.25) is 5.02 Å². The number of halogens is 1. The molecule has 1 aromatic heterocycles. The molecule has 0 bridgehead atoms. The Kier molecular flexibility index (Phi) is 3.25. The first-order valence-corrected chi connectivity index (χ1v) is 6.27.